The van der Waals surface area contributed by atoms with Crippen molar-refractivity contribution >= 4 is 23.3 Å². The standard InChI is InChI=1S/C16H22N2O4/c1-12(16(21)22)18(11-8-15(19)20)14-6-4-13(5-7-14)17-9-2-3-10-17/h4-7,12H,2-3,8-11H2,1H3,(H,19,20)(H,21,22). The van der Waals surface area contributed by atoms with E-state index in [2.05, 4.69) is 4.90 Å². The highest BCUT2D eigenvalue weighted by Gasteiger charge is 2.22. The average molecular weight is 306 g/mol. The molecule has 1 heterocycles. The molecule has 120 valence electrons. The van der Waals surface area contributed by atoms with Crippen LogP contribution in [0.5, 0.6) is 0 Å². The van der Waals surface area contributed by atoms with Gasteiger partial charge in [-0.05, 0) is 44.0 Å². The van der Waals surface area contributed by atoms with Crippen molar-refractivity contribution in [1.82, 2.24) is 0 Å². The normalized spacial score (nSPS) is 15.6. The van der Waals surface area contributed by atoms with E-state index in [0.29, 0.717) is 0 Å². The summed E-state index contributed by atoms with van der Waals surface area (Å²) in [6.07, 6.45) is 2.30. The second-order valence-corrected chi connectivity index (χ2v) is 5.56. The van der Waals surface area contributed by atoms with Crippen LogP contribution in [0.3, 0.4) is 0 Å². The third-order valence-electron chi connectivity index (χ3n) is 4.04. The van der Waals surface area contributed by atoms with Crippen LogP contribution in [0, 0.1) is 0 Å². The molecule has 0 aromatic heterocycles. The molecule has 2 rings (SSSR count). The second-order valence-electron chi connectivity index (χ2n) is 5.56. The van der Waals surface area contributed by atoms with E-state index in [9.17, 15) is 14.7 Å². The van der Waals surface area contributed by atoms with E-state index in [1.807, 2.05) is 24.3 Å². The topological polar surface area (TPSA) is 81.1 Å². The number of aliphatic carboxylic acids is 2. The zero-order chi connectivity index (χ0) is 16.1. The monoisotopic (exact) mass is 306 g/mol. The van der Waals surface area contributed by atoms with Gasteiger partial charge in [-0.25, -0.2) is 4.79 Å². The molecule has 0 spiro atoms. The quantitative estimate of drug-likeness (QED) is 0.802. The lowest BCUT2D eigenvalue weighted by Crippen LogP contribution is -2.40. The number of hydrogen-bond acceptors (Lipinski definition) is 4. The fraction of sp³-hybridized carbons (Fsp3) is 0.500. The van der Waals surface area contributed by atoms with Crippen LogP contribution in [0.4, 0.5) is 11.4 Å². The van der Waals surface area contributed by atoms with Crippen LogP contribution in [0.25, 0.3) is 0 Å². The van der Waals surface area contributed by atoms with E-state index in [4.69, 9.17) is 5.11 Å². The summed E-state index contributed by atoms with van der Waals surface area (Å²) < 4.78 is 0. The molecular weight excluding hydrogens is 284 g/mol. The molecule has 1 aromatic rings. The minimum absolute atomic E-state index is 0.0918. The Morgan fingerprint density at radius 3 is 2.27 bits per heavy atom. The minimum atomic E-state index is -0.964. The van der Waals surface area contributed by atoms with E-state index in [0.717, 1.165) is 24.5 Å². The molecule has 6 nitrogen and oxygen atoms in total. The predicted molar refractivity (Wildman–Crippen MR) is 84.6 cm³/mol. The molecule has 1 saturated heterocycles. The van der Waals surface area contributed by atoms with Crippen molar-refractivity contribution in [3.63, 3.8) is 0 Å². The number of benzene rings is 1. The minimum Gasteiger partial charge on any atom is -0.481 e. The van der Waals surface area contributed by atoms with Crippen molar-refractivity contribution < 1.29 is 19.8 Å². The molecule has 0 bridgehead atoms. The zero-order valence-electron chi connectivity index (χ0n) is 12.7. The lowest BCUT2D eigenvalue weighted by Gasteiger charge is -2.29. The Labute approximate surface area is 130 Å². The summed E-state index contributed by atoms with van der Waals surface area (Å²) in [7, 11) is 0. The van der Waals surface area contributed by atoms with Crippen molar-refractivity contribution in [3.05, 3.63) is 24.3 Å². The van der Waals surface area contributed by atoms with Crippen LogP contribution in [-0.2, 0) is 9.59 Å². The molecule has 0 amide bonds. The Kier molecular flexibility index (Phi) is 5.25. The number of hydrogen-bond donors (Lipinski definition) is 2. The van der Waals surface area contributed by atoms with Gasteiger partial charge in [0.2, 0.25) is 0 Å². The third kappa shape index (κ3) is 3.90. The van der Waals surface area contributed by atoms with Gasteiger partial charge in [0.05, 0.1) is 6.42 Å². The van der Waals surface area contributed by atoms with Crippen LogP contribution in [0.2, 0.25) is 0 Å². The van der Waals surface area contributed by atoms with Crippen molar-refractivity contribution in [2.24, 2.45) is 0 Å². The highest BCUT2D eigenvalue weighted by Crippen LogP contribution is 2.25. The maximum atomic E-state index is 11.2. The predicted octanol–water partition coefficient (Wildman–Crippen LogP) is 2.04. The van der Waals surface area contributed by atoms with Crippen LogP contribution in [0.1, 0.15) is 26.2 Å². The molecule has 1 unspecified atom stereocenters. The summed E-state index contributed by atoms with van der Waals surface area (Å²) in [6.45, 7) is 3.84. The van der Waals surface area contributed by atoms with Gasteiger partial charge in [0, 0.05) is 31.0 Å². The van der Waals surface area contributed by atoms with E-state index >= 15 is 0 Å². The van der Waals surface area contributed by atoms with Crippen LogP contribution < -0.4 is 9.80 Å². The van der Waals surface area contributed by atoms with Crippen molar-refractivity contribution in [3.8, 4) is 0 Å². The van der Waals surface area contributed by atoms with Gasteiger partial charge in [0.1, 0.15) is 6.04 Å². The van der Waals surface area contributed by atoms with Crippen LogP contribution >= 0.6 is 0 Å². The molecule has 1 fully saturated rings. The molecule has 6 heteroatoms. The Morgan fingerprint density at radius 1 is 1.18 bits per heavy atom. The van der Waals surface area contributed by atoms with Gasteiger partial charge in [-0.3, -0.25) is 4.79 Å². The number of rotatable bonds is 7. The fourth-order valence-corrected chi connectivity index (χ4v) is 2.73. The molecule has 1 atom stereocenters. The van der Waals surface area contributed by atoms with Gasteiger partial charge in [0.15, 0.2) is 0 Å². The van der Waals surface area contributed by atoms with Gasteiger partial charge in [-0.2, -0.15) is 0 Å². The third-order valence-corrected chi connectivity index (χ3v) is 4.04. The van der Waals surface area contributed by atoms with Crippen molar-refractivity contribution in [2.45, 2.75) is 32.2 Å². The Morgan fingerprint density at radius 2 is 1.77 bits per heavy atom. The molecule has 0 saturated carbocycles. The zero-order valence-corrected chi connectivity index (χ0v) is 12.7. The summed E-state index contributed by atoms with van der Waals surface area (Å²) in [5, 5.41) is 18.0. The van der Waals surface area contributed by atoms with E-state index in [1.165, 1.54) is 12.8 Å². The highest BCUT2D eigenvalue weighted by atomic mass is 16.4. The smallest absolute Gasteiger partial charge is 0.326 e. The van der Waals surface area contributed by atoms with Crippen LogP contribution in [0.15, 0.2) is 24.3 Å². The number of carboxylic acids is 2. The molecular formula is C16H22N2O4. The van der Waals surface area contributed by atoms with Gasteiger partial charge < -0.3 is 20.0 Å². The second kappa shape index (κ2) is 7.15. The number of carbonyl (C=O) groups is 2. The SMILES string of the molecule is CC(C(=O)O)N(CCC(=O)O)c1ccc(N2CCCC2)cc1. The van der Waals surface area contributed by atoms with E-state index in [-0.39, 0.29) is 13.0 Å². The Hall–Kier alpha value is -2.24. The van der Waals surface area contributed by atoms with Crippen molar-refractivity contribution in [2.75, 3.05) is 29.4 Å². The molecule has 0 radical (unpaired) electrons. The summed E-state index contributed by atoms with van der Waals surface area (Å²) in [4.78, 5) is 25.9. The summed E-state index contributed by atoms with van der Waals surface area (Å²) >= 11 is 0. The summed E-state index contributed by atoms with van der Waals surface area (Å²) in [5.74, 6) is -1.90. The lowest BCUT2D eigenvalue weighted by molar-refractivity contribution is -0.139. The Balaban J connectivity index is 2.15. The molecule has 0 aliphatic carbocycles. The van der Waals surface area contributed by atoms with Gasteiger partial charge >= 0.3 is 11.9 Å². The van der Waals surface area contributed by atoms with Crippen LogP contribution in [-0.4, -0.2) is 47.8 Å². The maximum Gasteiger partial charge on any atom is 0.326 e. The number of carboxylic acid groups (broad SMARTS) is 2. The first-order valence-corrected chi connectivity index (χ1v) is 7.55. The molecule has 1 aliphatic heterocycles. The highest BCUT2D eigenvalue weighted by molar-refractivity contribution is 5.78. The first-order valence-electron chi connectivity index (χ1n) is 7.55. The fourth-order valence-electron chi connectivity index (χ4n) is 2.73. The molecule has 1 aromatic carbocycles. The maximum absolute atomic E-state index is 11.2. The molecule has 1 aliphatic rings. The number of nitrogens with zero attached hydrogens (tertiary/aromatic N) is 2. The van der Waals surface area contributed by atoms with E-state index in [1.54, 1.807) is 11.8 Å². The van der Waals surface area contributed by atoms with Gasteiger partial charge in [0.25, 0.3) is 0 Å². The summed E-state index contributed by atoms with van der Waals surface area (Å²) in [5.41, 5.74) is 1.86. The van der Waals surface area contributed by atoms with Gasteiger partial charge in [-0.15, -0.1) is 0 Å². The Bertz CT molecular complexity index is 523. The molecule has 2 N–H and O–H groups in total. The largest absolute Gasteiger partial charge is 0.481 e. The average Bonchev–Trinajstić information content (AvgIpc) is 3.01. The first-order chi connectivity index (χ1) is 10.5. The summed E-state index contributed by atoms with van der Waals surface area (Å²) in [6, 6.07) is 6.92. The number of anilines is 2. The first kappa shape index (κ1) is 16.1. The van der Waals surface area contributed by atoms with Gasteiger partial charge in [-0.1, -0.05) is 0 Å². The van der Waals surface area contributed by atoms with E-state index < -0.39 is 18.0 Å². The van der Waals surface area contributed by atoms with Crippen molar-refractivity contribution in [1.29, 1.82) is 0 Å². The lowest BCUT2D eigenvalue weighted by atomic mass is 10.2. The molecule has 22 heavy (non-hydrogen) atoms.